The van der Waals surface area contributed by atoms with Crippen LogP contribution >= 0.6 is 0 Å². The molecule has 0 amide bonds. The molecule has 0 atom stereocenters. The van der Waals surface area contributed by atoms with E-state index in [9.17, 15) is 4.79 Å². The molecule has 0 unspecified atom stereocenters. The summed E-state index contributed by atoms with van der Waals surface area (Å²) in [5.41, 5.74) is 3.32. The highest BCUT2D eigenvalue weighted by molar-refractivity contribution is 5.75. The van der Waals surface area contributed by atoms with E-state index in [1.807, 2.05) is 24.3 Å². The van der Waals surface area contributed by atoms with Crippen molar-refractivity contribution < 1.29 is 9.53 Å². The molecule has 0 aliphatic heterocycles. The van der Waals surface area contributed by atoms with Gasteiger partial charge in [0.15, 0.2) is 0 Å². The molecular formula is C29H36O2. The van der Waals surface area contributed by atoms with Crippen molar-refractivity contribution in [3.05, 3.63) is 65.2 Å². The molecule has 31 heavy (non-hydrogen) atoms. The molecule has 0 radical (unpaired) electrons. The van der Waals surface area contributed by atoms with Gasteiger partial charge in [-0.15, -0.1) is 0 Å². The summed E-state index contributed by atoms with van der Waals surface area (Å²) in [6.07, 6.45) is 11.7. The van der Waals surface area contributed by atoms with E-state index in [-0.39, 0.29) is 11.9 Å². The highest BCUT2D eigenvalue weighted by Crippen LogP contribution is 2.32. The number of rotatable bonds is 8. The summed E-state index contributed by atoms with van der Waals surface area (Å²) in [7, 11) is 0. The third-order valence-corrected chi connectivity index (χ3v) is 6.32. The zero-order chi connectivity index (χ0) is 21.9. The van der Waals surface area contributed by atoms with Crippen molar-refractivity contribution in [2.45, 2.75) is 78.1 Å². The molecule has 1 aliphatic carbocycles. The largest absolute Gasteiger partial charge is 0.426 e. The Kier molecular flexibility index (Phi) is 9.22. The molecule has 0 bridgehead atoms. The van der Waals surface area contributed by atoms with Crippen LogP contribution in [0.4, 0.5) is 0 Å². The lowest BCUT2D eigenvalue weighted by Gasteiger charge is -2.26. The minimum Gasteiger partial charge on any atom is -0.426 e. The number of carbonyl (C=O) groups is 1. The maximum absolute atomic E-state index is 12.5. The van der Waals surface area contributed by atoms with Crippen molar-refractivity contribution in [2.75, 3.05) is 0 Å². The molecule has 0 spiro atoms. The van der Waals surface area contributed by atoms with Gasteiger partial charge in [0.1, 0.15) is 5.75 Å². The molecule has 164 valence electrons. The Morgan fingerprint density at radius 3 is 2.03 bits per heavy atom. The molecule has 0 aromatic heterocycles. The molecule has 0 heterocycles. The second kappa shape index (κ2) is 12.4. The number of benzene rings is 2. The van der Waals surface area contributed by atoms with E-state index < -0.39 is 0 Å². The van der Waals surface area contributed by atoms with Gasteiger partial charge in [0, 0.05) is 11.1 Å². The first-order valence-corrected chi connectivity index (χ1v) is 12.1. The van der Waals surface area contributed by atoms with Crippen LogP contribution in [0.5, 0.6) is 5.75 Å². The number of unbranched alkanes of at least 4 members (excludes halogenated alkanes) is 2. The number of carbonyl (C=O) groups excluding carboxylic acids is 1. The van der Waals surface area contributed by atoms with E-state index in [0.717, 1.165) is 49.1 Å². The molecule has 1 saturated carbocycles. The Morgan fingerprint density at radius 2 is 1.45 bits per heavy atom. The monoisotopic (exact) mass is 416 g/mol. The van der Waals surface area contributed by atoms with Crippen molar-refractivity contribution in [3.8, 4) is 17.6 Å². The summed E-state index contributed by atoms with van der Waals surface area (Å²) in [5.74, 6) is 7.81. The Labute approximate surface area is 188 Å². The summed E-state index contributed by atoms with van der Waals surface area (Å²) >= 11 is 0. The quantitative estimate of drug-likeness (QED) is 0.195. The predicted molar refractivity (Wildman–Crippen MR) is 128 cm³/mol. The van der Waals surface area contributed by atoms with Gasteiger partial charge in [0.25, 0.3) is 0 Å². The summed E-state index contributed by atoms with van der Waals surface area (Å²) in [5, 5.41) is 0. The lowest BCUT2D eigenvalue weighted by Crippen LogP contribution is -2.25. The first-order chi connectivity index (χ1) is 15.2. The van der Waals surface area contributed by atoms with Crippen LogP contribution in [0.3, 0.4) is 0 Å². The van der Waals surface area contributed by atoms with Gasteiger partial charge in [0.05, 0.1) is 5.92 Å². The van der Waals surface area contributed by atoms with Crippen molar-refractivity contribution >= 4 is 5.97 Å². The van der Waals surface area contributed by atoms with Crippen LogP contribution in [0.2, 0.25) is 0 Å². The number of hydrogen-bond donors (Lipinski definition) is 0. The van der Waals surface area contributed by atoms with Gasteiger partial charge in [-0.1, -0.05) is 63.5 Å². The normalized spacial score (nSPS) is 18.1. The lowest BCUT2D eigenvalue weighted by molar-refractivity contribution is -0.140. The summed E-state index contributed by atoms with van der Waals surface area (Å²) in [6, 6.07) is 16.1. The van der Waals surface area contributed by atoms with Crippen molar-refractivity contribution in [1.29, 1.82) is 0 Å². The van der Waals surface area contributed by atoms with Gasteiger partial charge in [-0.25, -0.2) is 0 Å². The van der Waals surface area contributed by atoms with E-state index in [1.54, 1.807) is 0 Å². The van der Waals surface area contributed by atoms with E-state index >= 15 is 0 Å². The van der Waals surface area contributed by atoms with Crippen LogP contribution in [-0.4, -0.2) is 5.97 Å². The molecule has 0 N–H and O–H groups in total. The van der Waals surface area contributed by atoms with E-state index in [1.165, 1.54) is 37.7 Å². The Hall–Kier alpha value is -2.53. The second-order valence-electron chi connectivity index (χ2n) is 8.86. The maximum atomic E-state index is 12.5. The third-order valence-electron chi connectivity index (χ3n) is 6.32. The summed E-state index contributed by atoms with van der Waals surface area (Å²) < 4.78 is 5.63. The molecule has 1 aliphatic rings. The molecule has 2 heteroatoms. The summed E-state index contributed by atoms with van der Waals surface area (Å²) in [4.78, 5) is 12.5. The van der Waals surface area contributed by atoms with Crippen LogP contribution in [0.15, 0.2) is 48.5 Å². The first kappa shape index (κ1) is 23.1. The van der Waals surface area contributed by atoms with E-state index in [2.05, 4.69) is 50.0 Å². The average Bonchev–Trinajstić information content (AvgIpc) is 2.80. The maximum Gasteiger partial charge on any atom is 0.314 e. The highest BCUT2D eigenvalue weighted by atomic mass is 16.5. The molecule has 2 aromatic rings. The zero-order valence-corrected chi connectivity index (χ0v) is 19.2. The average molecular weight is 417 g/mol. The van der Waals surface area contributed by atoms with Gasteiger partial charge in [-0.2, -0.15) is 0 Å². The zero-order valence-electron chi connectivity index (χ0n) is 19.2. The van der Waals surface area contributed by atoms with Crippen molar-refractivity contribution in [2.24, 2.45) is 11.8 Å². The second-order valence-corrected chi connectivity index (χ2v) is 8.86. The number of hydrogen-bond acceptors (Lipinski definition) is 2. The van der Waals surface area contributed by atoms with Gasteiger partial charge in [0.2, 0.25) is 0 Å². The van der Waals surface area contributed by atoms with Crippen LogP contribution < -0.4 is 4.74 Å². The van der Waals surface area contributed by atoms with E-state index in [0.29, 0.717) is 5.75 Å². The van der Waals surface area contributed by atoms with Crippen LogP contribution in [0, 0.1) is 23.7 Å². The minimum atomic E-state index is -0.0761. The summed E-state index contributed by atoms with van der Waals surface area (Å²) in [6.45, 7) is 4.47. The molecule has 0 saturated heterocycles. The first-order valence-electron chi connectivity index (χ1n) is 12.1. The Morgan fingerprint density at radius 1 is 0.839 bits per heavy atom. The molecular weight excluding hydrogens is 380 g/mol. The number of aryl methyl sites for hydroxylation is 1. The predicted octanol–water partition coefficient (Wildman–Crippen LogP) is 7.33. The SMILES string of the molecule is CCCCCc1ccc(C#Cc2ccc(OC(=O)C3CCC(CCC)CC3)cc2)cc1. The molecule has 3 rings (SSSR count). The Bertz CT molecular complexity index is 860. The molecule has 2 aromatic carbocycles. The Balaban J connectivity index is 1.49. The van der Waals surface area contributed by atoms with Crippen molar-refractivity contribution in [1.82, 2.24) is 0 Å². The smallest absolute Gasteiger partial charge is 0.314 e. The molecule has 1 fully saturated rings. The fourth-order valence-corrected chi connectivity index (χ4v) is 4.38. The van der Waals surface area contributed by atoms with Crippen LogP contribution in [-0.2, 0) is 11.2 Å². The standard InChI is InChI=1S/C29H36O2/c1-3-5-6-8-24-9-11-25(12-10-24)13-14-26-17-21-28(22-18-26)31-29(30)27-19-15-23(7-4-2)16-20-27/h9-12,17-18,21-23,27H,3-8,15-16,19-20H2,1-2H3. The van der Waals surface area contributed by atoms with Crippen LogP contribution in [0.25, 0.3) is 0 Å². The van der Waals surface area contributed by atoms with Gasteiger partial charge in [-0.3, -0.25) is 4.79 Å². The van der Waals surface area contributed by atoms with Gasteiger partial charge >= 0.3 is 5.97 Å². The van der Waals surface area contributed by atoms with Crippen LogP contribution in [0.1, 0.15) is 88.3 Å². The van der Waals surface area contributed by atoms with Gasteiger partial charge < -0.3 is 4.74 Å². The highest BCUT2D eigenvalue weighted by Gasteiger charge is 2.27. The third kappa shape index (κ3) is 7.59. The minimum absolute atomic E-state index is 0.0533. The van der Waals surface area contributed by atoms with E-state index in [4.69, 9.17) is 4.74 Å². The fraction of sp³-hybridized carbons (Fsp3) is 0.483. The topological polar surface area (TPSA) is 26.3 Å². The van der Waals surface area contributed by atoms with Gasteiger partial charge in [-0.05, 0) is 86.4 Å². The van der Waals surface area contributed by atoms with Crippen molar-refractivity contribution in [3.63, 3.8) is 0 Å². The fourth-order valence-electron chi connectivity index (χ4n) is 4.38. The lowest BCUT2D eigenvalue weighted by atomic mass is 9.80. The molecule has 2 nitrogen and oxygen atoms in total. The number of esters is 1. The number of ether oxygens (including phenoxy) is 1.